The van der Waals surface area contributed by atoms with Gasteiger partial charge in [0.1, 0.15) is 11.4 Å². The number of carbonyl (C=O) groups is 2. The van der Waals surface area contributed by atoms with Crippen LogP contribution in [0.25, 0.3) is 0 Å². The standard InChI is InChI=1S/C10H11F3N2O3S/c1-5(16)7-6(8(17)18-3)14-9(19-7)15(2)4-10(11,12)13/h4H2,1-3H3. The molecule has 1 aromatic rings. The maximum absolute atomic E-state index is 12.3. The Hall–Kier alpha value is -1.64. The largest absolute Gasteiger partial charge is 0.464 e. The summed E-state index contributed by atoms with van der Waals surface area (Å²) < 4.78 is 41.2. The lowest BCUT2D eigenvalue weighted by Crippen LogP contribution is -2.30. The van der Waals surface area contributed by atoms with Gasteiger partial charge in [0.25, 0.3) is 0 Å². The van der Waals surface area contributed by atoms with E-state index >= 15 is 0 Å². The molecule has 0 unspecified atom stereocenters. The molecule has 9 heteroatoms. The van der Waals surface area contributed by atoms with Crippen molar-refractivity contribution in [3.8, 4) is 0 Å². The Morgan fingerprint density at radius 2 is 2.00 bits per heavy atom. The van der Waals surface area contributed by atoms with E-state index in [1.807, 2.05) is 0 Å². The first-order valence-corrected chi connectivity index (χ1v) is 5.85. The van der Waals surface area contributed by atoms with Crippen LogP contribution >= 0.6 is 11.3 Å². The van der Waals surface area contributed by atoms with Gasteiger partial charge in [-0.05, 0) is 0 Å². The number of hydrogen-bond donors (Lipinski definition) is 0. The van der Waals surface area contributed by atoms with E-state index in [1.54, 1.807) is 0 Å². The number of ether oxygens (including phenoxy) is 1. The van der Waals surface area contributed by atoms with E-state index in [4.69, 9.17) is 0 Å². The van der Waals surface area contributed by atoms with E-state index in [-0.39, 0.29) is 15.7 Å². The van der Waals surface area contributed by atoms with Crippen LogP contribution in [0.15, 0.2) is 0 Å². The number of carbonyl (C=O) groups excluding carboxylic acids is 2. The summed E-state index contributed by atoms with van der Waals surface area (Å²) in [6, 6.07) is 0. The van der Waals surface area contributed by atoms with E-state index in [0.717, 1.165) is 23.3 Å². The zero-order valence-corrected chi connectivity index (χ0v) is 11.2. The first kappa shape index (κ1) is 15.4. The average Bonchev–Trinajstić information content (AvgIpc) is 2.70. The predicted octanol–water partition coefficient (Wildman–Crippen LogP) is 2.13. The van der Waals surface area contributed by atoms with Crippen LogP contribution in [0, 0.1) is 0 Å². The molecule has 0 radical (unpaired) electrons. The molecule has 0 amide bonds. The molecule has 0 aromatic carbocycles. The van der Waals surface area contributed by atoms with Crippen molar-refractivity contribution in [3.05, 3.63) is 10.6 Å². The number of hydrogen-bond acceptors (Lipinski definition) is 6. The van der Waals surface area contributed by atoms with Gasteiger partial charge in [-0.25, -0.2) is 9.78 Å². The molecule has 0 aliphatic heterocycles. The van der Waals surface area contributed by atoms with Crippen LogP contribution in [-0.4, -0.2) is 43.6 Å². The molecule has 0 bridgehead atoms. The van der Waals surface area contributed by atoms with Crippen LogP contribution < -0.4 is 4.90 Å². The quantitative estimate of drug-likeness (QED) is 0.629. The summed E-state index contributed by atoms with van der Waals surface area (Å²) in [5, 5.41) is -0.0667. The van der Waals surface area contributed by atoms with Crippen LogP contribution in [0.1, 0.15) is 27.1 Å². The van der Waals surface area contributed by atoms with Gasteiger partial charge in [0.15, 0.2) is 16.6 Å². The lowest BCUT2D eigenvalue weighted by atomic mass is 10.3. The van der Waals surface area contributed by atoms with Crippen molar-refractivity contribution >= 4 is 28.2 Å². The van der Waals surface area contributed by atoms with Gasteiger partial charge in [0.2, 0.25) is 0 Å². The van der Waals surface area contributed by atoms with Crippen LogP contribution in [0.3, 0.4) is 0 Å². The molecule has 19 heavy (non-hydrogen) atoms. The molecule has 1 heterocycles. The van der Waals surface area contributed by atoms with E-state index in [1.165, 1.54) is 14.0 Å². The maximum atomic E-state index is 12.3. The van der Waals surface area contributed by atoms with Gasteiger partial charge in [-0.1, -0.05) is 11.3 Å². The SMILES string of the molecule is COC(=O)c1nc(N(C)CC(F)(F)F)sc1C(C)=O. The maximum Gasteiger partial charge on any atom is 0.405 e. The topological polar surface area (TPSA) is 59.5 Å². The smallest absolute Gasteiger partial charge is 0.405 e. The Balaban J connectivity index is 3.11. The van der Waals surface area contributed by atoms with Gasteiger partial charge in [-0.2, -0.15) is 13.2 Å². The number of halogens is 3. The first-order chi connectivity index (χ1) is 8.65. The molecule has 0 saturated carbocycles. The third-order valence-corrected chi connectivity index (χ3v) is 3.33. The Labute approximate surface area is 111 Å². The normalized spacial score (nSPS) is 11.3. The summed E-state index contributed by atoms with van der Waals surface area (Å²) in [4.78, 5) is 27.3. The molecular formula is C10H11F3N2O3S. The second-order valence-electron chi connectivity index (χ2n) is 3.69. The third kappa shape index (κ3) is 3.91. The first-order valence-electron chi connectivity index (χ1n) is 5.03. The summed E-state index contributed by atoms with van der Waals surface area (Å²) in [5.74, 6) is -1.31. The Bertz CT molecular complexity index is 499. The van der Waals surface area contributed by atoms with Crippen LogP contribution in [0.4, 0.5) is 18.3 Å². The van der Waals surface area contributed by atoms with Crippen molar-refractivity contribution in [1.29, 1.82) is 0 Å². The van der Waals surface area contributed by atoms with Gasteiger partial charge < -0.3 is 9.64 Å². The number of methoxy groups -OCH3 is 1. The van der Waals surface area contributed by atoms with Crippen molar-refractivity contribution in [3.63, 3.8) is 0 Å². The minimum atomic E-state index is -4.40. The predicted molar refractivity (Wildman–Crippen MR) is 62.8 cm³/mol. The number of nitrogens with zero attached hydrogens (tertiary/aromatic N) is 2. The fourth-order valence-corrected chi connectivity index (χ4v) is 2.19. The van der Waals surface area contributed by atoms with Crippen molar-refractivity contribution in [1.82, 2.24) is 4.98 Å². The molecule has 5 nitrogen and oxygen atoms in total. The molecule has 0 aliphatic carbocycles. The monoisotopic (exact) mass is 296 g/mol. The minimum Gasteiger partial charge on any atom is -0.464 e. The molecule has 0 N–H and O–H groups in total. The number of alkyl halides is 3. The number of rotatable bonds is 4. The summed E-state index contributed by atoms with van der Waals surface area (Å²) in [6.07, 6.45) is -4.40. The highest BCUT2D eigenvalue weighted by Crippen LogP contribution is 2.28. The fraction of sp³-hybridized carbons (Fsp3) is 0.500. The Morgan fingerprint density at radius 1 is 1.42 bits per heavy atom. The molecule has 1 rings (SSSR count). The lowest BCUT2D eigenvalue weighted by molar-refractivity contribution is -0.119. The van der Waals surface area contributed by atoms with Gasteiger partial charge in [-0.15, -0.1) is 0 Å². The van der Waals surface area contributed by atoms with E-state index in [9.17, 15) is 22.8 Å². The summed E-state index contributed by atoms with van der Waals surface area (Å²) >= 11 is 0.725. The van der Waals surface area contributed by atoms with Gasteiger partial charge >= 0.3 is 12.1 Å². The summed E-state index contributed by atoms with van der Waals surface area (Å²) in [6.45, 7) is -0.0219. The summed E-state index contributed by atoms with van der Waals surface area (Å²) in [5.41, 5.74) is -0.260. The van der Waals surface area contributed by atoms with Crippen LogP contribution in [0.2, 0.25) is 0 Å². The molecule has 0 aliphatic rings. The highest BCUT2D eigenvalue weighted by atomic mass is 32.1. The van der Waals surface area contributed by atoms with Crippen LogP contribution in [-0.2, 0) is 4.74 Å². The second-order valence-corrected chi connectivity index (χ2v) is 4.67. The van der Waals surface area contributed by atoms with Crippen molar-refractivity contribution in [2.75, 3.05) is 25.6 Å². The summed E-state index contributed by atoms with van der Waals surface area (Å²) in [7, 11) is 2.28. The molecule has 0 spiro atoms. The van der Waals surface area contributed by atoms with Gasteiger partial charge in [0.05, 0.1) is 7.11 Å². The lowest BCUT2D eigenvalue weighted by Gasteiger charge is -2.17. The number of anilines is 1. The molecule has 0 atom stereocenters. The Kier molecular flexibility index (Phi) is 4.51. The zero-order valence-electron chi connectivity index (χ0n) is 10.4. The molecule has 0 fully saturated rings. The molecule has 106 valence electrons. The van der Waals surface area contributed by atoms with Gasteiger partial charge in [-0.3, -0.25) is 4.79 Å². The highest BCUT2D eigenvalue weighted by Gasteiger charge is 2.31. The Morgan fingerprint density at radius 3 is 2.42 bits per heavy atom. The van der Waals surface area contributed by atoms with Crippen molar-refractivity contribution in [2.24, 2.45) is 0 Å². The minimum absolute atomic E-state index is 0.0177. The van der Waals surface area contributed by atoms with Crippen molar-refractivity contribution < 1.29 is 27.5 Å². The van der Waals surface area contributed by atoms with Crippen molar-refractivity contribution in [2.45, 2.75) is 13.1 Å². The number of Topliss-reactive ketones (excluding diaryl/α,β-unsaturated/α-hetero) is 1. The molecule has 1 aromatic heterocycles. The number of ketones is 1. The second kappa shape index (κ2) is 5.55. The number of aromatic nitrogens is 1. The fourth-order valence-electron chi connectivity index (χ4n) is 1.28. The van der Waals surface area contributed by atoms with E-state index < -0.39 is 24.5 Å². The van der Waals surface area contributed by atoms with E-state index in [0.29, 0.717) is 0 Å². The van der Waals surface area contributed by atoms with Gasteiger partial charge in [0, 0.05) is 14.0 Å². The average molecular weight is 296 g/mol. The molecular weight excluding hydrogens is 285 g/mol. The third-order valence-electron chi connectivity index (χ3n) is 2.06. The van der Waals surface area contributed by atoms with Crippen LogP contribution in [0.5, 0.6) is 0 Å². The van der Waals surface area contributed by atoms with E-state index in [2.05, 4.69) is 9.72 Å². The highest BCUT2D eigenvalue weighted by molar-refractivity contribution is 7.17. The zero-order chi connectivity index (χ0) is 14.8. The molecule has 0 saturated heterocycles. The number of thiazole rings is 1. The number of esters is 1.